The second kappa shape index (κ2) is 6.75. The summed E-state index contributed by atoms with van der Waals surface area (Å²) in [6.45, 7) is 6.73. The van der Waals surface area contributed by atoms with E-state index in [0.717, 1.165) is 18.4 Å². The second-order valence-electron chi connectivity index (χ2n) is 6.23. The molecule has 0 aromatic heterocycles. The molecule has 0 aromatic carbocycles. The van der Waals surface area contributed by atoms with Gasteiger partial charge in [-0.05, 0) is 50.5 Å². The molecule has 3 unspecified atom stereocenters. The second-order valence-corrected chi connectivity index (χ2v) is 6.23. The number of ether oxygens (including phenoxy) is 1. The van der Waals surface area contributed by atoms with Crippen LogP contribution in [0.4, 0.5) is 0 Å². The number of rotatable bonds is 7. The van der Waals surface area contributed by atoms with Crippen molar-refractivity contribution in [2.75, 3.05) is 13.2 Å². The van der Waals surface area contributed by atoms with Gasteiger partial charge in [0.1, 0.15) is 0 Å². The summed E-state index contributed by atoms with van der Waals surface area (Å²) in [5, 5.41) is 3.58. The lowest BCUT2D eigenvalue weighted by atomic mass is 9.71. The number of hydrogen-bond donors (Lipinski definition) is 1. The first-order valence-electron chi connectivity index (χ1n) is 7.60. The lowest BCUT2D eigenvalue weighted by Crippen LogP contribution is -2.37. The van der Waals surface area contributed by atoms with Crippen molar-refractivity contribution in [2.24, 2.45) is 11.8 Å². The summed E-state index contributed by atoms with van der Waals surface area (Å²) < 4.78 is 5.68. The fourth-order valence-electron chi connectivity index (χ4n) is 3.15. The van der Waals surface area contributed by atoms with Crippen molar-refractivity contribution >= 4 is 0 Å². The molecular formula is C15H29NO. The Balaban J connectivity index is 1.53. The van der Waals surface area contributed by atoms with Gasteiger partial charge in [0.05, 0.1) is 6.10 Å². The van der Waals surface area contributed by atoms with E-state index in [1.165, 1.54) is 51.5 Å². The predicted molar refractivity (Wildman–Crippen MR) is 72.2 cm³/mol. The lowest BCUT2D eigenvalue weighted by Gasteiger charge is -2.37. The Kier molecular flexibility index (Phi) is 5.30. The van der Waals surface area contributed by atoms with Gasteiger partial charge in [-0.15, -0.1) is 0 Å². The first kappa shape index (κ1) is 13.4. The van der Waals surface area contributed by atoms with Crippen LogP contribution in [-0.2, 0) is 4.74 Å². The average Bonchev–Trinajstić information content (AvgIpc) is 2.75. The summed E-state index contributed by atoms with van der Waals surface area (Å²) in [6.07, 6.45) is 10.2. The van der Waals surface area contributed by atoms with Crippen LogP contribution in [0, 0.1) is 11.8 Å². The third-order valence-corrected chi connectivity index (χ3v) is 4.49. The quantitative estimate of drug-likeness (QED) is 0.735. The van der Waals surface area contributed by atoms with Gasteiger partial charge in [-0.3, -0.25) is 0 Å². The molecule has 1 aliphatic heterocycles. The van der Waals surface area contributed by atoms with Crippen LogP contribution in [0.5, 0.6) is 0 Å². The highest BCUT2D eigenvalue weighted by Gasteiger charge is 2.30. The van der Waals surface area contributed by atoms with Gasteiger partial charge in [0.2, 0.25) is 0 Å². The zero-order valence-corrected chi connectivity index (χ0v) is 11.6. The summed E-state index contributed by atoms with van der Waals surface area (Å²) in [4.78, 5) is 0. The molecule has 100 valence electrons. The first-order valence-corrected chi connectivity index (χ1v) is 7.60. The monoisotopic (exact) mass is 239 g/mol. The fraction of sp³-hybridized carbons (Fsp3) is 1.00. The van der Waals surface area contributed by atoms with E-state index in [0.29, 0.717) is 12.1 Å². The summed E-state index contributed by atoms with van der Waals surface area (Å²) in [5.74, 6) is 1.96. The average molecular weight is 239 g/mol. The van der Waals surface area contributed by atoms with Crippen molar-refractivity contribution in [3.63, 3.8) is 0 Å². The Hall–Kier alpha value is -0.0800. The van der Waals surface area contributed by atoms with E-state index < -0.39 is 0 Å². The molecule has 2 nitrogen and oxygen atoms in total. The Morgan fingerprint density at radius 3 is 2.53 bits per heavy atom. The van der Waals surface area contributed by atoms with Gasteiger partial charge in [0.15, 0.2) is 0 Å². The van der Waals surface area contributed by atoms with Crippen LogP contribution >= 0.6 is 0 Å². The molecule has 3 atom stereocenters. The smallest absolute Gasteiger partial charge is 0.0576 e. The normalized spacial score (nSPS) is 33.0. The number of hydrogen-bond acceptors (Lipinski definition) is 2. The molecule has 1 aliphatic carbocycles. The van der Waals surface area contributed by atoms with Gasteiger partial charge >= 0.3 is 0 Å². The van der Waals surface area contributed by atoms with Crippen molar-refractivity contribution < 1.29 is 4.74 Å². The van der Waals surface area contributed by atoms with Crippen molar-refractivity contribution in [1.82, 2.24) is 5.32 Å². The fourth-order valence-corrected chi connectivity index (χ4v) is 3.15. The molecule has 0 amide bonds. The van der Waals surface area contributed by atoms with Crippen LogP contribution in [0.2, 0.25) is 0 Å². The van der Waals surface area contributed by atoms with E-state index >= 15 is 0 Å². The summed E-state index contributed by atoms with van der Waals surface area (Å²) in [7, 11) is 0. The van der Waals surface area contributed by atoms with E-state index in [9.17, 15) is 0 Å². The van der Waals surface area contributed by atoms with Gasteiger partial charge < -0.3 is 10.1 Å². The topological polar surface area (TPSA) is 21.3 Å². The zero-order valence-electron chi connectivity index (χ0n) is 11.6. The van der Waals surface area contributed by atoms with Crippen LogP contribution in [0.3, 0.4) is 0 Å². The van der Waals surface area contributed by atoms with Crippen LogP contribution in [-0.4, -0.2) is 25.3 Å². The molecule has 2 fully saturated rings. The third-order valence-electron chi connectivity index (χ3n) is 4.49. The molecule has 0 bridgehead atoms. The minimum absolute atomic E-state index is 0.599. The van der Waals surface area contributed by atoms with Crippen molar-refractivity contribution in [3.8, 4) is 0 Å². The molecule has 1 N–H and O–H groups in total. The molecule has 1 saturated heterocycles. The molecule has 2 heteroatoms. The third kappa shape index (κ3) is 4.26. The summed E-state index contributed by atoms with van der Waals surface area (Å²) in [6, 6.07) is 0.642. The Labute approximate surface area is 107 Å². The van der Waals surface area contributed by atoms with Crippen LogP contribution in [0.25, 0.3) is 0 Å². The van der Waals surface area contributed by atoms with Crippen molar-refractivity contribution in [3.05, 3.63) is 0 Å². The van der Waals surface area contributed by atoms with Gasteiger partial charge in [-0.25, -0.2) is 0 Å². The first-order chi connectivity index (χ1) is 8.25. The maximum Gasteiger partial charge on any atom is 0.0576 e. The molecule has 17 heavy (non-hydrogen) atoms. The lowest BCUT2D eigenvalue weighted by molar-refractivity contribution is 0.0932. The highest BCUT2D eigenvalue weighted by Crippen LogP contribution is 2.37. The molecule has 2 rings (SSSR count). The zero-order chi connectivity index (χ0) is 12.1. The van der Waals surface area contributed by atoms with Crippen LogP contribution in [0.1, 0.15) is 58.8 Å². The molecular weight excluding hydrogens is 210 g/mol. The highest BCUT2D eigenvalue weighted by atomic mass is 16.5. The Bertz CT molecular complexity index is 211. The van der Waals surface area contributed by atoms with Crippen molar-refractivity contribution in [1.29, 1.82) is 0 Å². The van der Waals surface area contributed by atoms with E-state index in [-0.39, 0.29) is 0 Å². The molecule has 1 heterocycles. The largest absolute Gasteiger partial charge is 0.378 e. The van der Waals surface area contributed by atoms with Gasteiger partial charge in [0.25, 0.3) is 0 Å². The summed E-state index contributed by atoms with van der Waals surface area (Å²) >= 11 is 0. The molecule has 0 radical (unpaired) electrons. The van der Waals surface area contributed by atoms with Crippen LogP contribution < -0.4 is 5.32 Å². The van der Waals surface area contributed by atoms with Gasteiger partial charge in [0, 0.05) is 12.6 Å². The Morgan fingerprint density at radius 1 is 1.12 bits per heavy atom. The maximum absolute atomic E-state index is 5.68. The summed E-state index contributed by atoms with van der Waals surface area (Å²) in [5.41, 5.74) is 0. The minimum atomic E-state index is 0.599. The van der Waals surface area contributed by atoms with E-state index in [2.05, 4.69) is 19.2 Å². The van der Waals surface area contributed by atoms with E-state index in [4.69, 9.17) is 4.74 Å². The number of nitrogens with one attached hydrogen (secondary N) is 1. The maximum atomic E-state index is 5.68. The predicted octanol–water partition coefficient (Wildman–Crippen LogP) is 3.36. The molecule has 0 aromatic rings. The van der Waals surface area contributed by atoms with E-state index in [1.807, 2.05) is 0 Å². The van der Waals surface area contributed by atoms with E-state index in [1.54, 1.807) is 0 Å². The SMILES string of the molecule is CC(C)NCC1CCC1CCCC1CCCO1. The van der Waals surface area contributed by atoms with Crippen LogP contribution in [0.15, 0.2) is 0 Å². The van der Waals surface area contributed by atoms with Crippen molar-refractivity contribution in [2.45, 2.75) is 70.9 Å². The standard InChI is InChI=1S/C15H29NO/c1-12(2)16-11-14-9-8-13(14)5-3-6-15-7-4-10-17-15/h12-16H,3-11H2,1-2H3. The molecule has 2 aliphatic rings. The van der Waals surface area contributed by atoms with Gasteiger partial charge in [-0.1, -0.05) is 26.7 Å². The minimum Gasteiger partial charge on any atom is -0.378 e. The highest BCUT2D eigenvalue weighted by molar-refractivity contribution is 4.83. The molecule has 1 saturated carbocycles. The Morgan fingerprint density at radius 2 is 1.94 bits per heavy atom. The molecule has 0 spiro atoms. The van der Waals surface area contributed by atoms with Gasteiger partial charge in [-0.2, -0.15) is 0 Å².